The van der Waals surface area contributed by atoms with Crippen LogP contribution in [-0.2, 0) is 6.42 Å². The fourth-order valence-corrected chi connectivity index (χ4v) is 2.18. The number of fused-ring (bicyclic) bond motifs is 1. The first-order chi connectivity index (χ1) is 6.31. The lowest BCUT2D eigenvalue weighted by Gasteiger charge is -2.08. The second-order valence-corrected chi connectivity index (χ2v) is 3.66. The van der Waals surface area contributed by atoms with Crippen molar-refractivity contribution in [2.75, 3.05) is 6.54 Å². The predicted molar refractivity (Wildman–Crippen MR) is 51.1 cm³/mol. The van der Waals surface area contributed by atoms with E-state index in [-0.39, 0.29) is 5.82 Å². The average Bonchev–Trinajstić information content (AvgIpc) is 2.49. The quantitative estimate of drug-likeness (QED) is 0.740. The second-order valence-electron chi connectivity index (χ2n) is 3.66. The molecule has 2 N–H and O–H groups in total. The lowest BCUT2D eigenvalue weighted by Crippen LogP contribution is -2.04. The zero-order chi connectivity index (χ0) is 9.26. The lowest BCUT2D eigenvalue weighted by molar-refractivity contribution is 0.623. The Hall–Kier alpha value is -0.890. The van der Waals surface area contributed by atoms with Crippen molar-refractivity contribution >= 4 is 0 Å². The molecule has 0 aromatic heterocycles. The molecular formula is C11H14FN. The summed E-state index contributed by atoms with van der Waals surface area (Å²) in [6, 6.07) is 5.12. The third-order valence-corrected chi connectivity index (χ3v) is 2.82. The van der Waals surface area contributed by atoms with Crippen LogP contribution in [-0.4, -0.2) is 6.54 Å². The van der Waals surface area contributed by atoms with Crippen LogP contribution in [0.3, 0.4) is 0 Å². The van der Waals surface area contributed by atoms with Crippen LogP contribution in [0.4, 0.5) is 4.39 Å². The van der Waals surface area contributed by atoms with Gasteiger partial charge in [-0.3, -0.25) is 0 Å². The fraction of sp³-hybridized carbons (Fsp3) is 0.455. The molecule has 1 nitrogen and oxygen atoms in total. The molecule has 13 heavy (non-hydrogen) atoms. The summed E-state index contributed by atoms with van der Waals surface area (Å²) >= 11 is 0. The maximum absolute atomic E-state index is 12.9. The van der Waals surface area contributed by atoms with E-state index in [0.717, 1.165) is 25.8 Å². The highest BCUT2D eigenvalue weighted by molar-refractivity contribution is 5.35. The highest BCUT2D eigenvalue weighted by Crippen LogP contribution is 2.35. The fourth-order valence-electron chi connectivity index (χ4n) is 2.18. The number of rotatable bonds is 2. The van der Waals surface area contributed by atoms with E-state index in [4.69, 9.17) is 5.73 Å². The molecule has 0 bridgehead atoms. The van der Waals surface area contributed by atoms with Crippen LogP contribution in [0.25, 0.3) is 0 Å². The van der Waals surface area contributed by atoms with Gasteiger partial charge in [-0.25, -0.2) is 4.39 Å². The number of nitrogens with two attached hydrogens (primary N) is 1. The van der Waals surface area contributed by atoms with Crippen molar-refractivity contribution in [3.8, 4) is 0 Å². The van der Waals surface area contributed by atoms with Crippen LogP contribution in [0.5, 0.6) is 0 Å². The van der Waals surface area contributed by atoms with Crippen molar-refractivity contribution < 1.29 is 4.39 Å². The number of benzene rings is 1. The highest BCUT2D eigenvalue weighted by Gasteiger charge is 2.21. The van der Waals surface area contributed by atoms with E-state index >= 15 is 0 Å². The molecule has 1 aliphatic carbocycles. The molecule has 0 aliphatic heterocycles. The summed E-state index contributed by atoms with van der Waals surface area (Å²) in [5.41, 5.74) is 8.01. The Kier molecular flexibility index (Phi) is 2.32. The summed E-state index contributed by atoms with van der Waals surface area (Å²) in [6.07, 6.45) is 3.17. The maximum Gasteiger partial charge on any atom is 0.123 e. The summed E-state index contributed by atoms with van der Waals surface area (Å²) in [5.74, 6) is 0.452. The van der Waals surface area contributed by atoms with Gasteiger partial charge in [-0.2, -0.15) is 0 Å². The predicted octanol–water partition coefficient (Wildman–Crippen LogP) is 2.20. The molecular weight excluding hydrogens is 165 g/mol. The van der Waals surface area contributed by atoms with Crippen molar-refractivity contribution in [1.82, 2.24) is 0 Å². The van der Waals surface area contributed by atoms with Gasteiger partial charge in [0.05, 0.1) is 0 Å². The van der Waals surface area contributed by atoms with E-state index in [9.17, 15) is 4.39 Å². The Bertz CT molecular complexity index is 309. The summed E-state index contributed by atoms with van der Waals surface area (Å²) < 4.78 is 12.9. The van der Waals surface area contributed by atoms with E-state index in [1.165, 1.54) is 11.1 Å². The largest absolute Gasteiger partial charge is 0.330 e. The topological polar surface area (TPSA) is 26.0 Å². The van der Waals surface area contributed by atoms with Gasteiger partial charge in [-0.1, -0.05) is 6.07 Å². The van der Waals surface area contributed by atoms with E-state index in [2.05, 4.69) is 0 Å². The molecule has 2 heteroatoms. The Morgan fingerprint density at radius 2 is 2.31 bits per heavy atom. The van der Waals surface area contributed by atoms with E-state index in [0.29, 0.717) is 5.92 Å². The van der Waals surface area contributed by atoms with Crippen LogP contribution in [0.1, 0.15) is 29.9 Å². The van der Waals surface area contributed by atoms with Crippen molar-refractivity contribution in [2.45, 2.75) is 25.2 Å². The molecule has 1 aliphatic rings. The molecule has 70 valence electrons. The van der Waals surface area contributed by atoms with Crippen molar-refractivity contribution in [3.05, 3.63) is 35.1 Å². The van der Waals surface area contributed by atoms with Gasteiger partial charge in [0.25, 0.3) is 0 Å². The van der Waals surface area contributed by atoms with Crippen LogP contribution in [0, 0.1) is 5.82 Å². The van der Waals surface area contributed by atoms with Crippen molar-refractivity contribution in [3.63, 3.8) is 0 Å². The molecule has 1 atom stereocenters. The number of hydrogen-bond donors (Lipinski definition) is 1. The molecule has 0 heterocycles. The zero-order valence-corrected chi connectivity index (χ0v) is 7.59. The highest BCUT2D eigenvalue weighted by atomic mass is 19.1. The first kappa shape index (κ1) is 8.70. The van der Waals surface area contributed by atoms with Gasteiger partial charge < -0.3 is 5.73 Å². The molecule has 0 saturated heterocycles. The van der Waals surface area contributed by atoms with Gasteiger partial charge in [-0.05, 0) is 55.0 Å². The first-order valence-electron chi connectivity index (χ1n) is 4.79. The minimum absolute atomic E-state index is 0.118. The van der Waals surface area contributed by atoms with E-state index in [1.807, 2.05) is 6.07 Å². The van der Waals surface area contributed by atoms with Crippen LogP contribution >= 0.6 is 0 Å². The number of hydrogen-bond acceptors (Lipinski definition) is 1. The van der Waals surface area contributed by atoms with Crippen LogP contribution in [0.2, 0.25) is 0 Å². The van der Waals surface area contributed by atoms with Gasteiger partial charge >= 0.3 is 0 Å². The average molecular weight is 179 g/mol. The van der Waals surface area contributed by atoms with Crippen LogP contribution < -0.4 is 5.73 Å². The van der Waals surface area contributed by atoms with Gasteiger partial charge in [0, 0.05) is 0 Å². The molecule has 0 fully saturated rings. The third kappa shape index (κ3) is 1.59. The van der Waals surface area contributed by atoms with Crippen LogP contribution in [0.15, 0.2) is 18.2 Å². The summed E-state index contributed by atoms with van der Waals surface area (Å²) in [6.45, 7) is 0.724. The van der Waals surface area contributed by atoms with E-state index < -0.39 is 0 Å². The third-order valence-electron chi connectivity index (χ3n) is 2.82. The number of halogens is 1. The Morgan fingerprint density at radius 3 is 3.08 bits per heavy atom. The molecule has 0 saturated carbocycles. The SMILES string of the molecule is NCCC1CCc2cc(F)ccc21. The zero-order valence-electron chi connectivity index (χ0n) is 7.59. The Labute approximate surface area is 77.8 Å². The minimum Gasteiger partial charge on any atom is -0.330 e. The number of aryl methyl sites for hydroxylation is 1. The molecule has 0 spiro atoms. The molecule has 1 aromatic rings. The molecule has 1 unspecified atom stereocenters. The summed E-state index contributed by atoms with van der Waals surface area (Å²) in [4.78, 5) is 0. The Balaban J connectivity index is 2.27. The van der Waals surface area contributed by atoms with Gasteiger partial charge in [-0.15, -0.1) is 0 Å². The molecule has 1 aromatic carbocycles. The monoisotopic (exact) mass is 179 g/mol. The normalized spacial score (nSPS) is 20.3. The van der Waals surface area contributed by atoms with Crippen molar-refractivity contribution in [2.24, 2.45) is 5.73 Å². The Morgan fingerprint density at radius 1 is 1.46 bits per heavy atom. The van der Waals surface area contributed by atoms with Gasteiger partial charge in [0.1, 0.15) is 5.82 Å². The minimum atomic E-state index is -0.118. The molecule has 0 radical (unpaired) electrons. The maximum atomic E-state index is 12.9. The molecule has 0 amide bonds. The second kappa shape index (κ2) is 3.46. The smallest absolute Gasteiger partial charge is 0.123 e. The van der Waals surface area contributed by atoms with Gasteiger partial charge in [0.2, 0.25) is 0 Å². The summed E-state index contributed by atoms with van der Waals surface area (Å²) in [5, 5.41) is 0. The molecule has 2 rings (SSSR count). The first-order valence-corrected chi connectivity index (χ1v) is 4.79. The standard InChI is InChI=1S/C11H14FN/c12-10-3-4-11-8(5-6-13)1-2-9(11)7-10/h3-4,7-8H,1-2,5-6,13H2. The summed E-state index contributed by atoms with van der Waals surface area (Å²) in [7, 11) is 0. The van der Waals surface area contributed by atoms with Crippen molar-refractivity contribution in [1.29, 1.82) is 0 Å². The van der Waals surface area contributed by atoms with E-state index in [1.54, 1.807) is 12.1 Å². The van der Waals surface area contributed by atoms with Gasteiger partial charge in [0.15, 0.2) is 0 Å². The lowest BCUT2D eigenvalue weighted by atomic mass is 9.98.